The van der Waals surface area contributed by atoms with E-state index in [1.807, 2.05) is 19.2 Å². The van der Waals surface area contributed by atoms with E-state index in [4.69, 9.17) is 23.2 Å². The van der Waals surface area contributed by atoms with Crippen LogP contribution in [0.15, 0.2) is 18.2 Å². The highest BCUT2D eigenvalue weighted by molar-refractivity contribution is 6.42. The lowest BCUT2D eigenvalue weighted by atomic mass is 9.87. The van der Waals surface area contributed by atoms with Gasteiger partial charge in [0.25, 0.3) is 0 Å². The van der Waals surface area contributed by atoms with E-state index >= 15 is 0 Å². The maximum atomic E-state index is 10.0. The first-order valence-electron chi connectivity index (χ1n) is 5.39. The van der Waals surface area contributed by atoms with Crippen molar-refractivity contribution in [2.75, 3.05) is 20.1 Å². The van der Waals surface area contributed by atoms with Crippen molar-refractivity contribution in [2.24, 2.45) is 0 Å². The molecule has 1 N–H and O–H groups in total. The molecule has 0 saturated carbocycles. The van der Waals surface area contributed by atoms with Crippen LogP contribution in [-0.2, 0) is 0 Å². The number of piperidine rings is 1. The van der Waals surface area contributed by atoms with Gasteiger partial charge in [0.2, 0.25) is 0 Å². The van der Waals surface area contributed by atoms with Crippen molar-refractivity contribution in [2.45, 2.75) is 18.4 Å². The van der Waals surface area contributed by atoms with E-state index in [0.717, 1.165) is 18.5 Å². The fourth-order valence-electron chi connectivity index (χ4n) is 2.22. The fourth-order valence-corrected chi connectivity index (χ4v) is 2.53. The molecular formula is C12H15Cl2NO. The van der Waals surface area contributed by atoms with Gasteiger partial charge in [0.05, 0.1) is 16.1 Å². The molecule has 1 aromatic carbocycles. The maximum Gasteiger partial charge on any atom is 0.0735 e. The number of β-amino-alcohol motifs (C(OH)–C–C–N with tert-alkyl or cyclic N) is 1. The smallest absolute Gasteiger partial charge is 0.0735 e. The van der Waals surface area contributed by atoms with Crippen molar-refractivity contribution in [3.63, 3.8) is 0 Å². The molecule has 4 heteroatoms. The number of nitrogens with zero attached hydrogens (tertiary/aromatic N) is 1. The topological polar surface area (TPSA) is 23.5 Å². The van der Waals surface area contributed by atoms with Crippen molar-refractivity contribution in [1.29, 1.82) is 0 Å². The largest absolute Gasteiger partial charge is 0.391 e. The summed E-state index contributed by atoms with van der Waals surface area (Å²) in [6.07, 6.45) is 0.631. The van der Waals surface area contributed by atoms with Gasteiger partial charge < -0.3 is 10.0 Å². The molecule has 0 aromatic heterocycles. The van der Waals surface area contributed by atoms with Crippen molar-refractivity contribution in [1.82, 2.24) is 4.90 Å². The quantitative estimate of drug-likeness (QED) is 0.839. The van der Waals surface area contributed by atoms with Crippen LogP contribution in [0.2, 0.25) is 10.0 Å². The lowest BCUT2D eigenvalue weighted by Gasteiger charge is -2.34. The third kappa shape index (κ3) is 2.51. The average Bonchev–Trinajstić information content (AvgIpc) is 2.22. The fraction of sp³-hybridized carbons (Fsp3) is 0.500. The summed E-state index contributed by atoms with van der Waals surface area (Å²) in [5, 5.41) is 11.2. The minimum atomic E-state index is -0.323. The van der Waals surface area contributed by atoms with E-state index in [1.54, 1.807) is 6.07 Å². The van der Waals surface area contributed by atoms with E-state index in [2.05, 4.69) is 4.90 Å². The number of hydrogen-bond donors (Lipinski definition) is 1. The molecule has 1 aliphatic rings. The summed E-state index contributed by atoms with van der Waals surface area (Å²) in [4.78, 5) is 2.14. The molecular weight excluding hydrogens is 245 g/mol. The lowest BCUT2D eigenvalue weighted by molar-refractivity contribution is 0.0638. The molecule has 1 aromatic rings. The van der Waals surface area contributed by atoms with Gasteiger partial charge in [-0.05, 0) is 37.7 Å². The number of halogens is 2. The van der Waals surface area contributed by atoms with Crippen LogP contribution >= 0.6 is 23.2 Å². The predicted molar refractivity (Wildman–Crippen MR) is 67.3 cm³/mol. The second-order valence-electron chi connectivity index (χ2n) is 4.40. The van der Waals surface area contributed by atoms with Crippen LogP contribution in [0.25, 0.3) is 0 Å². The first kappa shape index (κ1) is 12.2. The number of likely N-dealkylation sites (tertiary alicyclic amines) is 1. The van der Waals surface area contributed by atoms with Crippen LogP contribution in [0.5, 0.6) is 0 Å². The Labute approximate surface area is 106 Å². The molecule has 1 unspecified atom stereocenters. The van der Waals surface area contributed by atoms with Crippen LogP contribution in [0.1, 0.15) is 17.9 Å². The Morgan fingerprint density at radius 1 is 1.31 bits per heavy atom. The van der Waals surface area contributed by atoms with E-state index in [9.17, 15) is 5.11 Å². The Kier molecular flexibility index (Phi) is 3.75. The summed E-state index contributed by atoms with van der Waals surface area (Å²) in [7, 11) is 2.02. The second kappa shape index (κ2) is 4.92. The third-order valence-electron chi connectivity index (χ3n) is 3.16. The van der Waals surface area contributed by atoms with Crippen LogP contribution in [0, 0.1) is 0 Å². The Morgan fingerprint density at radius 3 is 2.69 bits per heavy atom. The number of likely N-dealkylation sites (N-methyl/N-ethyl adjacent to an activating group) is 1. The molecule has 1 heterocycles. The minimum Gasteiger partial charge on any atom is -0.391 e. The van der Waals surface area contributed by atoms with Crippen molar-refractivity contribution in [3.8, 4) is 0 Å². The maximum absolute atomic E-state index is 10.0. The summed E-state index contributed by atoms with van der Waals surface area (Å²) < 4.78 is 0. The van der Waals surface area contributed by atoms with E-state index in [-0.39, 0.29) is 12.0 Å². The van der Waals surface area contributed by atoms with Gasteiger partial charge in [-0.3, -0.25) is 0 Å². The number of aliphatic hydroxyl groups is 1. The van der Waals surface area contributed by atoms with Gasteiger partial charge in [-0.2, -0.15) is 0 Å². The SMILES string of the molecule is CN1CC[C@H](c2ccc(Cl)c(Cl)c2)C(O)C1. The van der Waals surface area contributed by atoms with Crippen molar-refractivity contribution < 1.29 is 5.11 Å². The molecule has 2 rings (SSSR count). The number of rotatable bonds is 1. The summed E-state index contributed by atoms with van der Waals surface area (Å²) in [5.74, 6) is 0.172. The summed E-state index contributed by atoms with van der Waals surface area (Å²) in [5.41, 5.74) is 1.08. The number of benzene rings is 1. The third-order valence-corrected chi connectivity index (χ3v) is 3.90. The zero-order valence-corrected chi connectivity index (χ0v) is 10.7. The summed E-state index contributed by atoms with van der Waals surface area (Å²) >= 11 is 11.9. The normalized spacial score (nSPS) is 27.0. The van der Waals surface area contributed by atoms with Gasteiger partial charge >= 0.3 is 0 Å². The molecule has 0 spiro atoms. The Hall–Kier alpha value is -0.280. The first-order valence-corrected chi connectivity index (χ1v) is 6.15. The van der Waals surface area contributed by atoms with Gasteiger partial charge in [0, 0.05) is 12.5 Å². The van der Waals surface area contributed by atoms with E-state index < -0.39 is 0 Å². The van der Waals surface area contributed by atoms with E-state index in [1.165, 1.54) is 0 Å². The van der Waals surface area contributed by atoms with Gasteiger partial charge in [0.1, 0.15) is 0 Å². The van der Waals surface area contributed by atoms with Crippen molar-refractivity contribution in [3.05, 3.63) is 33.8 Å². The molecule has 0 radical (unpaired) electrons. The Morgan fingerprint density at radius 2 is 2.06 bits per heavy atom. The molecule has 2 atom stereocenters. The first-order chi connectivity index (χ1) is 7.58. The van der Waals surface area contributed by atoms with Gasteiger partial charge in [-0.1, -0.05) is 29.3 Å². The minimum absolute atomic E-state index is 0.172. The predicted octanol–water partition coefficient (Wildman–Crippen LogP) is 2.77. The summed E-state index contributed by atoms with van der Waals surface area (Å²) in [6.45, 7) is 1.72. The highest BCUT2D eigenvalue weighted by Gasteiger charge is 2.27. The van der Waals surface area contributed by atoms with Crippen molar-refractivity contribution >= 4 is 23.2 Å². The molecule has 1 fully saturated rings. The molecule has 88 valence electrons. The number of aliphatic hydroxyl groups excluding tert-OH is 1. The second-order valence-corrected chi connectivity index (χ2v) is 5.21. The number of hydrogen-bond acceptors (Lipinski definition) is 2. The lowest BCUT2D eigenvalue weighted by Crippen LogP contribution is -2.40. The highest BCUT2D eigenvalue weighted by atomic mass is 35.5. The van der Waals surface area contributed by atoms with E-state index in [0.29, 0.717) is 16.6 Å². The van der Waals surface area contributed by atoms with Gasteiger partial charge in [0.15, 0.2) is 0 Å². The average molecular weight is 260 g/mol. The molecule has 1 aliphatic heterocycles. The molecule has 0 aliphatic carbocycles. The highest BCUT2D eigenvalue weighted by Crippen LogP contribution is 2.32. The van der Waals surface area contributed by atoms with Gasteiger partial charge in [-0.15, -0.1) is 0 Å². The van der Waals surface area contributed by atoms with Crippen LogP contribution in [0.3, 0.4) is 0 Å². The van der Waals surface area contributed by atoms with Crippen LogP contribution in [-0.4, -0.2) is 36.2 Å². The molecule has 1 saturated heterocycles. The van der Waals surface area contributed by atoms with Gasteiger partial charge in [-0.25, -0.2) is 0 Å². The zero-order chi connectivity index (χ0) is 11.7. The van der Waals surface area contributed by atoms with Crippen LogP contribution < -0.4 is 0 Å². The standard InChI is InChI=1S/C12H15Cl2NO/c1-15-5-4-9(12(16)7-15)8-2-3-10(13)11(14)6-8/h2-3,6,9,12,16H,4-5,7H2,1H3/t9-,12?/m1/s1. The molecule has 0 amide bonds. The molecule has 2 nitrogen and oxygen atoms in total. The summed E-state index contributed by atoms with van der Waals surface area (Å²) in [6, 6.07) is 5.61. The molecule has 16 heavy (non-hydrogen) atoms. The Bertz CT molecular complexity index is 383. The monoisotopic (exact) mass is 259 g/mol. The zero-order valence-electron chi connectivity index (χ0n) is 9.16. The molecule has 0 bridgehead atoms. The van der Waals surface area contributed by atoms with Crippen LogP contribution in [0.4, 0.5) is 0 Å². The Balaban J connectivity index is 2.20.